The molecule has 86 valence electrons. The quantitative estimate of drug-likeness (QED) is 0.741. The second kappa shape index (κ2) is 4.10. The number of hydrogen-bond acceptors (Lipinski definition) is 3. The second-order valence-corrected chi connectivity index (χ2v) is 10.3. The molecule has 3 nitrogen and oxygen atoms in total. The van der Waals surface area contributed by atoms with Crippen molar-refractivity contribution in [2.24, 2.45) is 0 Å². The van der Waals surface area contributed by atoms with Gasteiger partial charge in [0.2, 0.25) is 0 Å². The minimum Gasteiger partial charge on any atom is -0.411 e. The molecule has 0 N–H and O–H groups in total. The van der Waals surface area contributed by atoms with Crippen LogP contribution in [-0.4, -0.2) is 13.5 Å². The SMILES string of the molecule is Cc1cc(CO[Si](C)(C)C(C)(C)C)no1. The summed E-state index contributed by atoms with van der Waals surface area (Å²) in [6, 6.07) is 1.92. The highest BCUT2D eigenvalue weighted by atomic mass is 28.4. The highest BCUT2D eigenvalue weighted by molar-refractivity contribution is 6.74. The lowest BCUT2D eigenvalue weighted by molar-refractivity contribution is 0.262. The van der Waals surface area contributed by atoms with Gasteiger partial charge in [-0.2, -0.15) is 0 Å². The maximum absolute atomic E-state index is 6.01. The number of aryl methyl sites for hydroxylation is 1. The van der Waals surface area contributed by atoms with E-state index in [-0.39, 0.29) is 5.04 Å². The Morgan fingerprint density at radius 1 is 1.40 bits per heavy atom. The predicted molar refractivity (Wildman–Crippen MR) is 63.2 cm³/mol. The molecule has 0 aliphatic carbocycles. The van der Waals surface area contributed by atoms with Gasteiger partial charge in [-0.1, -0.05) is 25.9 Å². The summed E-state index contributed by atoms with van der Waals surface area (Å²) < 4.78 is 11.0. The molecule has 0 radical (unpaired) electrons. The van der Waals surface area contributed by atoms with Crippen LogP contribution in [0.3, 0.4) is 0 Å². The average molecular weight is 227 g/mol. The molecule has 0 aliphatic rings. The van der Waals surface area contributed by atoms with E-state index in [2.05, 4.69) is 39.0 Å². The summed E-state index contributed by atoms with van der Waals surface area (Å²) >= 11 is 0. The molecule has 0 aliphatic heterocycles. The summed E-state index contributed by atoms with van der Waals surface area (Å²) in [5.41, 5.74) is 0.886. The van der Waals surface area contributed by atoms with Crippen molar-refractivity contribution in [3.05, 3.63) is 17.5 Å². The molecule has 15 heavy (non-hydrogen) atoms. The molecule has 0 fully saturated rings. The second-order valence-electron chi connectivity index (χ2n) is 5.48. The first-order valence-electron chi connectivity index (χ1n) is 5.28. The lowest BCUT2D eigenvalue weighted by Crippen LogP contribution is -2.40. The van der Waals surface area contributed by atoms with Gasteiger partial charge in [-0.05, 0) is 25.1 Å². The van der Waals surface area contributed by atoms with Gasteiger partial charge in [0.05, 0.1) is 6.61 Å². The van der Waals surface area contributed by atoms with Crippen LogP contribution in [0.5, 0.6) is 0 Å². The van der Waals surface area contributed by atoms with Crippen molar-refractivity contribution in [2.45, 2.75) is 52.4 Å². The Balaban J connectivity index is 2.57. The van der Waals surface area contributed by atoms with E-state index in [1.807, 2.05) is 13.0 Å². The van der Waals surface area contributed by atoms with Crippen LogP contribution >= 0.6 is 0 Å². The molecular formula is C11H21NO2Si. The number of hydrogen-bond donors (Lipinski definition) is 0. The van der Waals surface area contributed by atoms with Crippen LogP contribution < -0.4 is 0 Å². The third-order valence-corrected chi connectivity index (χ3v) is 7.54. The molecule has 0 aromatic carbocycles. The van der Waals surface area contributed by atoms with Gasteiger partial charge in [-0.25, -0.2) is 0 Å². The molecule has 1 heterocycles. The third kappa shape index (κ3) is 3.17. The summed E-state index contributed by atoms with van der Waals surface area (Å²) in [4.78, 5) is 0. The summed E-state index contributed by atoms with van der Waals surface area (Å²) in [5.74, 6) is 0.837. The first kappa shape index (κ1) is 12.5. The smallest absolute Gasteiger partial charge is 0.192 e. The van der Waals surface area contributed by atoms with E-state index >= 15 is 0 Å². The highest BCUT2D eigenvalue weighted by Crippen LogP contribution is 2.36. The van der Waals surface area contributed by atoms with Gasteiger partial charge < -0.3 is 8.95 Å². The molecule has 0 bridgehead atoms. The molecule has 0 unspecified atom stereocenters. The maximum atomic E-state index is 6.01. The van der Waals surface area contributed by atoms with Crippen molar-refractivity contribution in [3.63, 3.8) is 0 Å². The normalized spacial score (nSPS) is 13.2. The van der Waals surface area contributed by atoms with Crippen LogP contribution in [0.4, 0.5) is 0 Å². The van der Waals surface area contributed by atoms with Crippen molar-refractivity contribution in [1.29, 1.82) is 0 Å². The lowest BCUT2D eigenvalue weighted by atomic mass is 10.2. The first-order chi connectivity index (χ1) is 6.72. The van der Waals surface area contributed by atoms with Crippen LogP contribution in [0, 0.1) is 6.92 Å². The summed E-state index contributed by atoms with van der Waals surface area (Å²) in [6.45, 7) is 13.6. The van der Waals surface area contributed by atoms with E-state index < -0.39 is 8.32 Å². The molecule has 1 rings (SSSR count). The fourth-order valence-electron chi connectivity index (χ4n) is 0.957. The summed E-state index contributed by atoms with van der Waals surface area (Å²) in [6.07, 6.45) is 0. The summed E-state index contributed by atoms with van der Waals surface area (Å²) in [7, 11) is -1.66. The third-order valence-electron chi connectivity index (χ3n) is 3.06. The maximum Gasteiger partial charge on any atom is 0.192 e. The molecule has 4 heteroatoms. The molecule has 0 amide bonds. The van der Waals surface area contributed by atoms with Crippen molar-refractivity contribution in [2.75, 3.05) is 0 Å². The zero-order valence-corrected chi connectivity index (χ0v) is 11.5. The molecule has 0 atom stereocenters. The number of rotatable bonds is 3. The van der Waals surface area contributed by atoms with Crippen molar-refractivity contribution >= 4 is 8.32 Å². The Hall–Kier alpha value is -0.613. The number of nitrogens with zero attached hydrogens (tertiary/aromatic N) is 1. The van der Waals surface area contributed by atoms with Crippen LogP contribution in [0.15, 0.2) is 10.6 Å². The molecule has 0 saturated heterocycles. The van der Waals surface area contributed by atoms with Crippen molar-refractivity contribution in [3.8, 4) is 0 Å². The van der Waals surface area contributed by atoms with E-state index in [1.165, 1.54) is 0 Å². The van der Waals surface area contributed by atoms with Crippen molar-refractivity contribution in [1.82, 2.24) is 5.16 Å². The summed E-state index contributed by atoms with van der Waals surface area (Å²) in [5, 5.41) is 4.16. The van der Waals surface area contributed by atoms with Crippen LogP contribution in [0.2, 0.25) is 18.1 Å². The van der Waals surface area contributed by atoms with Gasteiger partial charge in [0, 0.05) is 6.07 Å². The Bertz CT molecular complexity index is 326. The minimum absolute atomic E-state index is 0.242. The zero-order chi connectivity index (χ0) is 11.7. The highest BCUT2D eigenvalue weighted by Gasteiger charge is 2.37. The van der Waals surface area contributed by atoms with Gasteiger partial charge in [0.15, 0.2) is 8.32 Å². The molecule has 1 aromatic heterocycles. The van der Waals surface area contributed by atoms with Crippen LogP contribution in [0.25, 0.3) is 0 Å². The molecular weight excluding hydrogens is 206 g/mol. The van der Waals surface area contributed by atoms with Crippen LogP contribution in [0.1, 0.15) is 32.2 Å². The van der Waals surface area contributed by atoms with Gasteiger partial charge in [-0.3, -0.25) is 0 Å². The fraction of sp³-hybridized carbons (Fsp3) is 0.727. The van der Waals surface area contributed by atoms with E-state index in [0.717, 1.165) is 11.5 Å². The van der Waals surface area contributed by atoms with E-state index in [4.69, 9.17) is 8.95 Å². The van der Waals surface area contributed by atoms with E-state index in [0.29, 0.717) is 6.61 Å². The zero-order valence-electron chi connectivity index (χ0n) is 10.5. The Kier molecular flexibility index (Phi) is 3.40. The Labute approximate surface area is 92.9 Å². The molecule has 1 aromatic rings. The van der Waals surface area contributed by atoms with Gasteiger partial charge in [-0.15, -0.1) is 0 Å². The van der Waals surface area contributed by atoms with Gasteiger partial charge in [0.25, 0.3) is 0 Å². The first-order valence-corrected chi connectivity index (χ1v) is 8.19. The van der Waals surface area contributed by atoms with E-state index in [1.54, 1.807) is 0 Å². The Morgan fingerprint density at radius 3 is 2.40 bits per heavy atom. The monoisotopic (exact) mass is 227 g/mol. The Morgan fingerprint density at radius 2 is 2.00 bits per heavy atom. The topological polar surface area (TPSA) is 35.3 Å². The molecule has 0 saturated carbocycles. The van der Waals surface area contributed by atoms with Crippen molar-refractivity contribution < 1.29 is 8.95 Å². The van der Waals surface area contributed by atoms with Gasteiger partial charge in [0.1, 0.15) is 11.5 Å². The predicted octanol–water partition coefficient (Wildman–Crippen LogP) is 3.50. The fourth-order valence-corrected chi connectivity index (χ4v) is 1.90. The lowest BCUT2D eigenvalue weighted by Gasteiger charge is -2.35. The van der Waals surface area contributed by atoms with E-state index in [9.17, 15) is 0 Å². The van der Waals surface area contributed by atoms with Crippen LogP contribution in [-0.2, 0) is 11.0 Å². The number of aromatic nitrogens is 1. The largest absolute Gasteiger partial charge is 0.411 e. The average Bonchev–Trinajstić information content (AvgIpc) is 2.46. The molecule has 0 spiro atoms. The van der Waals surface area contributed by atoms with Gasteiger partial charge >= 0.3 is 0 Å². The standard InChI is InChI=1S/C11H21NO2Si/c1-9-7-10(12-14-9)8-13-15(5,6)11(2,3)4/h7H,8H2,1-6H3. The minimum atomic E-state index is -1.66.